The van der Waals surface area contributed by atoms with E-state index in [0.29, 0.717) is 0 Å². The van der Waals surface area contributed by atoms with Crippen LogP contribution in [0, 0.1) is 0 Å². The minimum Gasteiger partial charge on any atom is -0.264 e. The Kier molecular flexibility index (Phi) is 8.74. The number of aromatic nitrogens is 2. The predicted octanol–water partition coefficient (Wildman–Crippen LogP) is 9.82. The number of benzene rings is 1. The van der Waals surface area contributed by atoms with Crippen LogP contribution in [0.2, 0.25) is 0 Å². The molecule has 2 heterocycles. The van der Waals surface area contributed by atoms with Crippen molar-refractivity contribution in [1.29, 1.82) is 0 Å². The highest BCUT2D eigenvalue weighted by molar-refractivity contribution is 7.60. The van der Waals surface area contributed by atoms with Gasteiger partial charge in [0.1, 0.15) is 0 Å². The predicted molar refractivity (Wildman–Crippen MR) is 172 cm³/mol. The Hall–Kier alpha value is -1.62. The van der Waals surface area contributed by atoms with Gasteiger partial charge in [-0.15, -0.1) is 9.24 Å². The van der Waals surface area contributed by atoms with E-state index in [2.05, 4.69) is 139 Å². The molecule has 0 spiro atoms. The lowest BCUT2D eigenvalue weighted by atomic mass is 9.71. The molecule has 1 aromatic carbocycles. The summed E-state index contributed by atoms with van der Waals surface area (Å²) in [5.41, 5.74) is 8.03. The number of rotatable bonds is 5. The number of hydrogen-bond donors (Lipinski definition) is 0. The maximum absolute atomic E-state index is 4.57. The van der Waals surface area contributed by atoms with Crippen molar-refractivity contribution in [1.82, 2.24) is 9.97 Å². The van der Waals surface area contributed by atoms with Crippen LogP contribution in [0.3, 0.4) is 0 Å². The second-order valence-corrected chi connectivity index (χ2v) is 19.5. The zero-order valence-electron chi connectivity index (χ0n) is 25.9. The lowest BCUT2D eigenvalue weighted by molar-refractivity contribution is 0.528. The Bertz CT molecular complexity index is 1170. The first kappa shape index (κ1) is 30.9. The zero-order valence-corrected chi connectivity index (χ0v) is 27.9. The van der Waals surface area contributed by atoms with E-state index in [1.807, 2.05) is 24.8 Å². The highest BCUT2D eigenvalue weighted by Crippen LogP contribution is 2.62. The molecule has 0 bridgehead atoms. The average molecular weight is 549 g/mol. The molecule has 0 aliphatic carbocycles. The van der Waals surface area contributed by atoms with Gasteiger partial charge in [-0.25, -0.2) is 0 Å². The molecule has 0 saturated heterocycles. The number of nitrogens with zero attached hydrogens (tertiary/aromatic N) is 2. The second-order valence-electron chi connectivity index (χ2n) is 14.8. The van der Waals surface area contributed by atoms with Crippen LogP contribution in [0.5, 0.6) is 0 Å². The Morgan fingerprint density at radius 2 is 1.05 bits per heavy atom. The summed E-state index contributed by atoms with van der Waals surface area (Å²) in [6, 6.07) is 13.6. The van der Waals surface area contributed by atoms with E-state index in [9.17, 15) is 0 Å². The van der Waals surface area contributed by atoms with Crippen molar-refractivity contribution in [3.63, 3.8) is 0 Å². The fraction of sp³-hybridized carbons (Fsp3) is 0.529. The van der Waals surface area contributed by atoms with Crippen molar-refractivity contribution in [2.24, 2.45) is 0 Å². The molecule has 38 heavy (non-hydrogen) atoms. The van der Waals surface area contributed by atoms with Crippen molar-refractivity contribution in [3.8, 4) is 0 Å². The third-order valence-corrected chi connectivity index (χ3v) is 12.3. The summed E-state index contributed by atoms with van der Waals surface area (Å²) in [6.07, 6.45) is 8.84. The van der Waals surface area contributed by atoms with Gasteiger partial charge in [0.2, 0.25) is 0 Å². The summed E-state index contributed by atoms with van der Waals surface area (Å²) in [4.78, 5) is 9.14. The molecule has 1 unspecified atom stereocenters. The van der Waals surface area contributed by atoms with Crippen molar-refractivity contribution >= 4 is 17.2 Å². The molecule has 0 amide bonds. The topological polar surface area (TPSA) is 25.8 Å². The molecule has 0 radical (unpaired) electrons. The van der Waals surface area contributed by atoms with Gasteiger partial charge < -0.3 is 0 Å². The van der Waals surface area contributed by atoms with Crippen molar-refractivity contribution in [2.45, 2.75) is 116 Å². The molecule has 2 nitrogen and oxygen atoms in total. The molecular formula is C34H50N2P2. The standard InChI is InChI=1S/C34H50N2P2/c1-30(2,3)28-19-24(23-38(32(7,8)9)33(10,11)12)27(20-29(28)31(4,5)6)34(37,25-15-13-17-35-21-25)26-16-14-18-36-22-26/h13-22H,23,37H2,1-12H3. The summed E-state index contributed by atoms with van der Waals surface area (Å²) in [6.45, 7) is 28.6. The maximum Gasteiger partial charge on any atom is 0.0624 e. The first-order valence-electron chi connectivity index (χ1n) is 13.8. The van der Waals surface area contributed by atoms with Gasteiger partial charge >= 0.3 is 0 Å². The van der Waals surface area contributed by atoms with Gasteiger partial charge in [-0.3, -0.25) is 9.97 Å². The maximum atomic E-state index is 4.57. The van der Waals surface area contributed by atoms with E-state index >= 15 is 0 Å². The number of pyridine rings is 2. The van der Waals surface area contributed by atoms with Crippen LogP contribution >= 0.6 is 17.2 Å². The van der Waals surface area contributed by atoms with Gasteiger partial charge in [0.15, 0.2) is 0 Å². The molecule has 0 aliphatic heterocycles. The highest BCUT2D eigenvalue weighted by atomic mass is 31.1. The van der Waals surface area contributed by atoms with Gasteiger partial charge in [0, 0.05) is 24.8 Å². The lowest BCUT2D eigenvalue weighted by Gasteiger charge is -2.44. The summed E-state index contributed by atoms with van der Waals surface area (Å²) < 4.78 is 0. The first-order valence-corrected chi connectivity index (χ1v) is 15.9. The average Bonchev–Trinajstić information content (AvgIpc) is 2.80. The molecular weight excluding hydrogens is 498 g/mol. The van der Waals surface area contributed by atoms with Crippen LogP contribution < -0.4 is 0 Å². The van der Waals surface area contributed by atoms with E-state index in [4.69, 9.17) is 0 Å². The third kappa shape index (κ3) is 6.57. The summed E-state index contributed by atoms with van der Waals surface area (Å²) in [5, 5.41) is -0.0196. The molecule has 0 fully saturated rings. The van der Waals surface area contributed by atoms with Crippen molar-refractivity contribution in [2.75, 3.05) is 0 Å². The molecule has 0 N–H and O–H groups in total. The van der Waals surface area contributed by atoms with Gasteiger partial charge in [-0.1, -0.05) is 115 Å². The summed E-state index contributed by atoms with van der Waals surface area (Å²) >= 11 is 0. The monoisotopic (exact) mass is 548 g/mol. The molecule has 3 aromatic rings. The van der Waals surface area contributed by atoms with Crippen LogP contribution in [0.4, 0.5) is 0 Å². The molecule has 206 valence electrons. The molecule has 2 aromatic heterocycles. The van der Waals surface area contributed by atoms with Gasteiger partial charge in [-0.2, -0.15) is 0 Å². The van der Waals surface area contributed by atoms with Crippen molar-refractivity contribution in [3.05, 3.63) is 94.6 Å². The fourth-order valence-electron chi connectivity index (χ4n) is 5.70. The van der Waals surface area contributed by atoms with Crippen LogP contribution in [0.1, 0.15) is 116 Å². The van der Waals surface area contributed by atoms with Gasteiger partial charge in [-0.05, 0) is 72.8 Å². The van der Waals surface area contributed by atoms with Crippen LogP contribution in [0.25, 0.3) is 0 Å². The molecule has 3 rings (SSSR count). The zero-order chi connectivity index (χ0) is 28.7. The Morgan fingerprint density at radius 3 is 1.39 bits per heavy atom. The quantitative estimate of drug-likeness (QED) is 0.297. The summed E-state index contributed by atoms with van der Waals surface area (Å²) in [7, 11) is 2.91. The van der Waals surface area contributed by atoms with Crippen molar-refractivity contribution < 1.29 is 0 Å². The van der Waals surface area contributed by atoms with E-state index in [1.165, 1.54) is 33.4 Å². The first-order chi connectivity index (χ1) is 17.3. The van der Waals surface area contributed by atoms with Crippen LogP contribution in [-0.2, 0) is 22.1 Å². The smallest absolute Gasteiger partial charge is 0.0624 e. The highest BCUT2D eigenvalue weighted by Gasteiger charge is 2.40. The SMILES string of the molecule is CC(C)(C)c1cc(CP(C(C)(C)C)C(C)(C)C)c(C(P)(c2cccnc2)c2cccnc2)cc1C(C)(C)C. The van der Waals surface area contributed by atoms with Crippen LogP contribution in [0.15, 0.2) is 61.2 Å². The largest absolute Gasteiger partial charge is 0.264 e. The van der Waals surface area contributed by atoms with E-state index in [1.54, 1.807) is 0 Å². The second kappa shape index (κ2) is 10.7. The normalized spacial score (nSPS) is 13.7. The van der Waals surface area contributed by atoms with Crippen LogP contribution in [-0.4, -0.2) is 20.3 Å². The molecule has 1 atom stereocenters. The Labute approximate surface area is 236 Å². The minimum atomic E-state index is -0.467. The number of hydrogen-bond acceptors (Lipinski definition) is 2. The Balaban J connectivity index is 2.50. The minimum absolute atomic E-state index is 0.00410. The third-order valence-electron chi connectivity index (χ3n) is 7.47. The lowest BCUT2D eigenvalue weighted by Crippen LogP contribution is -2.30. The Morgan fingerprint density at radius 1 is 0.632 bits per heavy atom. The van der Waals surface area contributed by atoms with Gasteiger partial charge in [0.25, 0.3) is 0 Å². The molecule has 0 aliphatic rings. The molecule has 4 heteroatoms. The van der Waals surface area contributed by atoms with E-state index in [-0.39, 0.29) is 29.1 Å². The molecule has 0 saturated carbocycles. The summed E-state index contributed by atoms with van der Waals surface area (Å²) in [5.74, 6) is 0. The van der Waals surface area contributed by atoms with E-state index in [0.717, 1.165) is 6.16 Å². The fourth-order valence-corrected chi connectivity index (χ4v) is 9.88. The van der Waals surface area contributed by atoms with E-state index < -0.39 is 5.16 Å². The van der Waals surface area contributed by atoms with Gasteiger partial charge in [0.05, 0.1) is 5.16 Å².